The number of nitrogens with one attached hydrogen (secondary N) is 1. The number of carbonyl (C=O) groups is 1. The van der Waals surface area contributed by atoms with E-state index in [1.54, 1.807) is 24.3 Å². The Morgan fingerprint density at radius 2 is 2.20 bits per heavy atom. The third-order valence-electron chi connectivity index (χ3n) is 2.94. The summed E-state index contributed by atoms with van der Waals surface area (Å²) in [5.74, 6) is 0.570. The molecule has 1 amide bonds. The van der Waals surface area contributed by atoms with Crippen molar-refractivity contribution < 1.29 is 9.53 Å². The van der Waals surface area contributed by atoms with Crippen LogP contribution in [0.2, 0.25) is 5.02 Å². The highest BCUT2D eigenvalue weighted by Gasteiger charge is 2.23. The molecule has 0 atom stereocenters. The molecular formula is C14H18Cl2N2O2. The summed E-state index contributed by atoms with van der Waals surface area (Å²) in [6.07, 6.45) is 1.80. The number of benzene rings is 1. The molecule has 0 aliphatic carbocycles. The highest BCUT2D eigenvalue weighted by Crippen LogP contribution is 2.29. The van der Waals surface area contributed by atoms with Crippen molar-refractivity contribution in [3.05, 3.63) is 34.4 Å². The molecule has 0 saturated carbocycles. The van der Waals surface area contributed by atoms with E-state index in [0.29, 0.717) is 17.1 Å². The van der Waals surface area contributed by atoms with Crippen LogP contribution in [0.4, 0.5) is 0 Å². The summed E-state index contributed by atoms with van der Waals surface area (Å²) >= 11 is 5.93. The number of fused-ring (bicyclic) bond motifs is 1. The van der Waals surface area contributed by atoms with Crippen LogP contribution in [0, 0.1) is 0 Å². The van der Waals surface area contributed by atoms with E-state index >= 15 is 0 Å². The van der Waals surface area contributed by atoms with Gasteiger partial charge < -0.3 is 15.8 Å². The van der Waals surface area contributed by atoms with Crippen molar-refractivity contribution in [2.45, 2.75) is 19.4 Å². The Labute approximate surface area is 129 Å². The quantitative estimate of drug-likeness (QED) is 0.900. The Balaban J connectivity index is 0.00000200. The van der Waals surface area contributed by atoms with E-state index in [1.165, 1.54) is 0 Å². The summed E-state index contributed by atoms with van der Waals surface area (Å²) in [5, 5.41) is 3.49. The Morgan fingerprint density at radius 1 is 1.50 bits per heavy atom. The van der Waals surface area contributed by atoms with Gasteiger partial charge in [0, 0.05) is 22.7 Å². The Morgan fingerprint density at radius 3 is 2.85 bits per heavy atom. The molecule has 1 heterocycles. The van der Waals surface area contributed by atoms with Gasteiger partial charge in [0.1, 0.15) is 12.4 Å². The van der Waals surface area contributed by atoms with Gasteiger partial charge in [-0.05, 0) is 38.1 Å². The van der Waals surface area contributed by atoms with Crippen molar-refractivity contribution >= 4 is 36.0 Å². The van der Waals surface area contributed by atoms with Crippen LogP contribution in [-0.2, 0) is 4.79 Å². The molecule has 110 valence electrons. The maximum Gasteiger partial charge on any atom is 0.251 e. The number of halogens is 2. The second kappa shape index (κ2) is 6.48. The molecule has 1 aromatic rings. The zero-order valence-corrected chi connectivity index (χ0v) is 13.0. The van der Waals surface area contributed by atoms with Crippen LogP contribution in [0.1, 0.15) is 19.4 Å². The Bertz CT molecular complexity index is 542. The van der Waals surface area contributed by atoms with E-state index in [0.717, 1.165) is 11.3 Å². The highest BCUT2D eigenvalue weighted by molar-refractivity contribution is 6.30. The molecule has 1 aliphatic heterocycles. The minimum absolute atomic E-state index is 0. The smallest absolute Gasteiger partial charge is 0.251 e. The summed E-state index contributed by atoms with van der Waals surface area (Å²) in [7, 11) is 0. The second-order valence-electron chi connectivity index (χ2n) is 5.18. The summed E-state index contributed by atoms with van der Waals surface area (Å²) in [5.41, 5.74) is 6.54. The molecule has 4 nitrogen and oxygen atoms in total. The van der Waals surface area contributed by atoms with Gasteiger partial charge in [-0.2, -0.15) is 0 Å². The maximum absolute atomic E-state index is 12.1. The van der Waals surface area contributed by atoms with Crippen LogP contribution >= 0.6 is 24.0 Å². The van der Waals surface area contributed by atoms with Gasteiger partial charge in [0.2, 0.25) is 0 Å². The van der Waals surface area contributed by atoms with Crippen LogP contribution in [-0.4, -0.2) is 24.6 Å². The molecule has 0 unspecified atom stereocenters. The molecule has 0 aromatic heterocycles. The van der Waals surface area contributed by atoms with Crippen LogP contribution in [0.15, 0.2) is 23.8 Å². The fourth-order valence-corrected chi connectivity index (χ4v) is 1.90. The van der Waals surface area contributed by atoms with Crippen molar-refractivity contribution in [2.24, 2.45) is 5.73 Å². The first kappa shape index (κ1) is 16.8. The normalized spacial score (nSPS) is 13.5. The van der Waals surface area contributed by atoms with Crippen molar-refractivity contribution in [3.63, 3.8) is 0 Å². The zero-order chi connectivity index (χ0) is 14.0. The average molecular weight is 317 g/mol. The Kier molecular flexibility index (Phi) is 5.45. The SMILES string of the molecule is CC(C)(CN)NC(=O)C1=Cc2cc(Cl)ccc2OC1.Cl. The van der Waals surface area contributed by atoms with Crippen molar-refractivity contribution in [1.29, 1.82) is 0 Å². The lowest BCUT2D eigenvalue weighted by atomic mass is 10.0. The number of nitrogens with two attached hydrogens (primary N) is 1. The summed E-state index contributed by atoms with van der Waals surface area (Å²) in [6.45, 7) is 4.37. The lowest BCUT2D eigenvalue weighted by Gasteiger charge is -2.26. The van der Waals surface area contributed by atoms with Crippen molar-refractivity contribution in [1.82, 2.24) is 5.32 Å². The van der Waals surface area contributed by atoms with Gasteiger partial charge in [-0.25, -0.2) is 0 Å². The molecule has 1 aliphatic rings. The molecule has 0 radical (unpaired) electrons. The maximum atomic E-state index is 12.1. The highest BCUT2D eigenvalue weighted by atomic mass is 35.5. The summed E-state index contributed by atoms with van der Waals surface area (Å²) in [4.78, 5) is 12.1. The van der Waals surface area contributed by atoms with E-state index in [9.17, 15) is 4.79 Å². The van der Waals surface area contributed by atoms with E-state index in [1.807, 2.05) is 13.8 Å². The molecule has 6 heteroatoms. The molecule has 0 bridgehead atoms. The monoisotopic (exact) mass is 316 g/mol. The van der Waals surface area contributed by atoms with Gasteiger partial charge in [0.15, 0.2) is 0 Å². The van der Waals surface area contributed by atoms with E-state index < -0.39 is 5.54 Å². The molecule has 0 spiro atoms. The number of hydrogen-bond acceptors (Lipinski definition) is 3. The summed E-state index contributed by atoms with van der Waals surface area (Å²) in [6, 6.07) is 5.33. The lowest BCUT2D eigenvalue weighted by molar-refractivity contribution is -0.119. The first-order valence-electron chi connectivity index (χ1n) is 6.07. The first-order valence-corrected chi connectivity index (χ1v) is 6.44. The standard InChI is InChI=1S/C14H17ClN2O2.ClH/c1-14(2,8-16)17-13(18)10-5-9-6-11(15)3-4-12(9)19-7-10;/h3-6H,7-8,16H2,1-2H3,(H,17,18);1H. The molecule has 20 heavy (non-hydrogen) atoms. The van der Waals surface area contributed by atoms with Gasteiger partial charge in [0.05, 0.1) is 5.57 Å². The number of hydrogen-bond donors (Lipinski definition) is 2. The zero-order valence-electron chi connectivity index (χ0n) is 11.4. The van der Waals surface area contributed by atoms with E-state index in [2.05, 4.69) is 5.32 Å². The number of amides is 1. The third-order valence-corrected chi connectivity index (χ3v) is 3.17. The van der Waals surface area contributed by atoms with Crippen LogP contribution < -0.4 is 15.8 Å². The molecule has 0 fully saturated rings. The van der Waals surface area contributed by atoms with Crippen LogP contribution in [0.5, 0.6) is 5.75 Å². The van der Waals surface area contributed by atoms with E-state index in [-0.39, 0.29) is 24.9 Å². The second-order valence-corrected chi connectivity index (χ2v) is 5.62. The van der Waals surface area contributed by atoms with Crippen molar-refractivity contribution in [2.75, 3.05) is 13.2 Å². The van der Waals surface area contributed by atoms with E-state index in [4.69, 9.17) is 22.1 Å². The predicted octanol–water partition coefficient (Wildman–Crippen LogP) is 2.39. The predicted molar refractivity (Wildman–Crippen MR) is 83.4 cm³/mol. The van der Waals surface area contributed by atoms with Gasteiger partial charge in [0.25, 0.3) is 5.91 Å². The van der Waals surface area contributed by atoms with Crippen molar-refractivity contribution in [3.8, 4) is 5.75 Å². The average Bonchev–Trinajstić information content (AvgIpc) is 2.37. The number of carbonyl (C=O) groups excluding carboxylic acids is 1. The number of ether oxygens (including phenoxy) is 1. The fourth-order valence-electron chi connectivity index (χ4n) is 1.72. The van der Waals surface area contributed by atoms with Gasteiger partial charge in [-0.1, -0.05) is 11.6 Å². The molecule has 1 aromatic carbocycles. The Hall–Kier alpha value is -1.23. The van der Waals surface area contributed by atoms with Gasteiger partial charge >= 0.3 is 0 Å². The molecular weight excluding hydrogens is 299 g/mol. The molecule has 0 saturated heterocycles. The molecule has 2 rings (SSSR count). The lowest BCUT2D eigenvalue weighted by Crippen LogP contribution is -2.49. The minimum atomic E-state index is -0.438. The third kappa shape index (κ3) is 3.88. The first-order chi connectivity index (χ1) is 8.91. The van der Waals surface area contributed by atoms with Gasteiger partial charge in [-0.15, -0.1) is 12.4 Å². The van der Waals surface area contributed by atoms with Crippen LogP contribution in [0.3, 0.4) is 0 Å². The minimum Gasteiger partial charge on any atom is -0.488 e. The number of rotatable bonds is 3. The summed E-state index contributed by atoms with van der Waals surface area (Å²) < 4.78 is 5.54. The fraction of sp³-hybridized carbons (Fsp3) is 0.357. The van der Waals surface area contributed by atoms with Gasteiger partial charge in [-0.3, -0.25) is 4.79 Å². The molecule has 3 N–H and O–H groups in total. The van der Waals surface area contributed by atoms with Crippen LogP contribution in [0.25, 0.3) is 6.08 Å². The topological polar surface area (TPSA) is 64.3 Å². The largest absolute Gasteiger partial charge is 0.488 e.